The van der Waals surface area contributed by atoms with E-state index in [0.717, 1.165) is 16.7 Å². The van der Waals surface area contributed by atoms with Crippen LogP contribution in [0.25, 0.3) is 5.57 Å². The zero-order valence-electron chi connectivity index (χ0n) is 19.0. The van der Waals surface area contributed by atoms with Crippen molar-refractivity contribution in [2.45, 2.75) is 13.8 Å². The predicted octanol–water partition coefficient (Wildman–Crippen LogP) is 6.38. The van der Waals surface area contributed by atoms with Crippen molar-refractivity contribution in [3.63, 3.8) is 0 Å². The van der Waals surface area contributed by atoms with E-state index in [-0.39, 0.29) is 35.5 Å². The molecule has 3 nitrogen and oxygen atoms in total. The molecule has 6 rings (SSSR count). The molecule has 0 spiro atoms. The van der Waals surface area contributed by atoms with Gasteiger partial charge in [0.25, 0.3) is 0 Å². The number of imide groups is 1. The minimum absolute atomic E-state index is 0.0821. The Morgan fingerprint density at radius 3 is 1.56 bits per heavy atom. The number of allylic oxidation sites excluding steroid dienone is 3. The maximum absolute atomic E-state index is 13.6. The lowest BCUT2D eigenvalue weighted by Crippen LogP contribution is -2.33. The highest BCUT2D eigenvalue weighted by atomic mass is 35.5. The normalized spacial score (nSPS) is 24.8. The summed E-state index contributed by atoms with van der Waals surface area (Å²) in [5.74, 6) is -1.11. The monoisotopic (exact) mass is 465 g/mol. The van der Waals surface area contributed by atoms with E-state index in [9.17, 15) is 9.59 Å². The number of carbonyl (C=O) groups excluding carboxylic acids is 2. The third-order valence-corrected chi connectivity index (χ3v) is 7.72. The Labute approximate surface area is 204 Å². The summed E-state index contributed by atoms with van der Waals surface area (Å²) in [6.45, 7) is 4.16. The zero-order valence-corrected chi connectivity index (χ0v) is 19.8. The van der Waals surface area contributed by atoms with Crippen molar-refractivity contribution >= 4 is 34.7 Å². The van der Waals surface area contributed by atoms with Crippen molar-refractivity contribution in [2.75, 3.05) is 4.90 Å². The van der Waals surface area contributed by atoms with E-state index in [2.05, 4.69) is 74.5 Å². The molecule has 1 saturated carbocycles. The molecule has 2 amide bonds. The van der Waals surface area contributed by atoms with Gasteiger partial charge < -0.3 is 0 Å². The number of aryl methyl sites for hydroxylation is 2. The van der Waals surface area contributed by atoms with Crippen LogP contribution in [0.1, 0.15) is 22.3 Å². The van der Waals surface area contributed by atoms with Crippen LogP contribution in [0, 0.1) is 37.5 Å². The van der Waals surface area contributed by atoms with E-state index >= 15 is 0 Å². The smallest absolute Gasteiger partial charge is 0.238 e. The van der Waals surface area contributed by atoms with Crippen molar-refractivity contribution < 1.29 is 9.59 Å². The van der Waals surface area contributed by atoms with Gasteiger partial charge in [0.1, 0.15) is 0 Å². The second-order valence-electron chi connectivity index (χ2n) is 9.54. The molecule has 3 aliphatic rings. The van der Waals surface area contributed by atoms with Crippen LogP contribution < -0.4 is 4.90 Å². The molecule has 3 aromatic carbocycles. The molecular formula is C30H24ClNO2. The SMILES string of the molecule is Cc1ccc(C(=C2[C@H]3C=C[C@H]2[C@H]2C(=O)N(c4ccc(Cl)cc4)C(=O)[C@@H]23)c2ccc(C)cc2)cc1. The van der Waals surface area contributed by atoms with Gasteiger partial charge in [-0.2, -0.15) is 0 Å². The fourth-order valence-corrected chi connectivity index (χ4v) is 6.01. The lowest BCUT2D eigenvalue weighted by molar-refractivity contribution is -0.122. The molecule has 4 heteroatoms. The number of fused-ring (bicyclic) bond motifs is 5. The summed E-state index contributed by atoms with van der Waals surface area (Å²) in [5, 5.41) is 0.579. The number of halogens is 1. The van der Waals surface area contributed by atoms with Crippen molar-refractivity contribution in [2.24, 2.45) is 23.7 Å². The second kappa shape index (κ2) is 7.82. The minimum Gasteiger partial charge on any atom is -0.274 e. The van der Waals surface area contributed by atoms with E-state index in [1.807, 2.05) is 0 Å². The Morgan fingerprint density at radius 1 is 0.676 bits per heavy atom. The molecule has 34 heavy (non-hydrogen) atoms. The molecule has 0 radical (unpaired) electrons. The average molecular weight is 466 g/mol. The number of benzene rings is 3. The van der Waals surface area contributed by atoms with Gasteiger partial charge in [0.05, 0.1) is 17.5 Å². The summed E-state index contributed by atoms with van der Waals surface area (Å²) in [6, 6.07) is 24.0. The topological polar surface area (TPSA) is 37.4 Å². The highest BCUT2D eigenvalue weighted by Gasteiger charge is 2.62. The van der Waals surface area contributed by atoms with E-state index in [1.54, 1.807) is 24.3 Å². The summed E-state index contributed by atoms with van der Waals surface area (Å²) in [7, 11) is 0. The van der Waals surface area contributed by atoms with Crippen LogP contribution in [-0.2, 0) is 9.59 Å². The first kappa shape index (κ1) is 21.1. The van der Waals surface area contributed by atoms with Gasteiger partial charge in [0.15, 0.2) is 0 Å². The standard InChI is InChI=1S/C30H24ClNO2/c1-17-3-7-19(8-4-17)25(20-9-5-18(2)6-10-20)26-23-15-16-24(26)28-27(23)29(33)32(30(28)34)22-13-11-21(31)12-14-22/h3-16,23-24,27-28H,1-2H3/t23-,24-,27-,28-/m1/s1. The summed E-state index contributed by atoms with van der Waals surface area (Å²) in [4.78, 5) is 28.6. The zero-order chi connectivity index (χ0) is 23.6. The van der Waals surface area contributed by atoms with Crippen LogP contribution in [-0.4, -0.2) is 11.8 Å². The maximum atomic E-state index is 13.6. The Morgan fingerprint density at radius 2 is 1.12 bits per heavy atom. The molecule has 2 aliphatic carbocycles. The molecule has 0 unspecified atom stereocenters. The molecule has 0 aromatic heterocycles. The molecule has 1 heterocycles. The number of rotatable bonds is 3. The van der Waals surface area contributed by atoms with Crippen molar-refractivity contribution in [3.8, 4) is 0 Å². The fourth-order valence-electron chi connectivity index (χ4n) is 5.88. The summed E-state index contributed by atoms with van der Waals surface area (Å²) < 4.78 is 0. The number of anilines is 1. The minimum atomic E-state index is -0.362. The molecule has 168 valence electrons. The Bertz CT molecular complexity index is 1290. The van der Waals surface area contributed by atoms with Crippen LogP contribution in [0.15, 0.2) is 90.5 Å². The van der Waals surface area contributed by atoms with Gasteiger partial charge in [0.2, 0.25) is 11.8 Å². The number of hydrogen-bond donors (Lipinski definition) is 0. The number of nitrogens with zero attached hydrogens (tertiary/aromatic N) is 1. The second-order valence-corrected chi connectivity index (χ2v) is 9.98. The Hall–Kier alpha value is -3.43. The van der Waals surface area contributed by atoms with Crippen LogP contribution >= 0.6 is 11.6 Å². The van der Waals surface area contributed by atoms with Crippen LogP contribution in [0.5, 0.6) is 0 Å². The third-order valence-electron chi connectivity index (χ3n) is 7.47. The predicted molar refractivity (Wildman–Crippen MR) is 135 cm³/mol. The van der Waals surface area contributed by atoms with Crippen molar-refractivity contribution in [1.82, 2.24) is 0 Å². The first-order valence-corrected chi connectivity index (χ1v) is 12.0. The van der Waals surface area contributed by atoms with Gasteiger partial charge >= 0.3 is 0 Å². The molecule has 3 aromatic rings. The van der Waals surface area contributed by atoms with Crippen LogP contribution in [0.4, 0.5) is 5.69 Å². The van der Waals surface area contributed by atoms with Gasteiger partial charge in [0, 0.05) is 16.9 Å². The molecular weight excluding hydrogens is 442 g/mol. The first-order valence-electron chi connectivity index (χ1n) is 11.6. The van der Waals surface area contributed by atoms with E-state index in [1.165, 1.54) is 21.6 Å². The van der Waals surface area contributed by atoms with Crippen molar-refractivity contribution in [3.05, 3.63) is 118 Å². The lowest BCUT2D eigenvalue weighted by Gasteiger charge is -2.22. The van der Waals surface area contributed by atoms with Gasteiger partial charge in [-0.3, -0.25) is 9.59 Å². The van der Waals surface area contributed by atoms with E-state index in [4.69, 9.17) is 11.6 Å². The number of amides is 2. The lowest BCUT2D eigenvalue weighted by atomic mass is 9.85. The quantitative estimate of drug-likeness (QED) is 0.332. The van der Waals surface area contributed by atoms with E-state index in [0.29, 0.717) is 10.7 Å². The van der Waals surface area contributed by atoms with Gasteiger partial charge in [-0.1, -0.05) is 83.4 Å². The summed E-state index contributed by atoms with van der Waals surface area (Å²) in [5.41, 5.74) is 7.58. The first-order chi connectivity index (χ1) is 16.4. The summed E-state index contributed by atoms with van der Waals surface area (Å²) in [6.07, 6.45) is 4.28. The molecule has 2 fully saturated rings. The van der Waals surface area contributed by atoms with Crippen LogP contribution in [0.2, 0.25) is 5.02 Å². The molecule has 4 atom stereocenters. The molecule has 2 bridgehead atoms. The largest absolute Gasteiger partial charge is 0.274 e. The maximum Gasteiger partial charge on any atom is 0.238 e. The Balaban J connectivity index is 1.48. The number of carbonyl (C=O) groups is 2. The molecule has 1 saturated heterocycles. The summed E-state index contributed by atoms with van der Waals surface area (Å²) >= 11 is 6.03. The Kier molecular flexibility index (Phi) is 4.86. The molecule has 0 N–H and O–H groups in total. The highest BCUT2D eigenvalue weighted by molar-refractivity contribution is 6.31. The number of hydrogen-bond acceptors (Lipinski definition) is 2. The van der Waals surface area contributed by atoms with Gasteiger partial charge in [-0.25, -0.2) is 4.90 Å². The van der Waals surface area contributed by atoms with Crippen molar-refractivity contribution in [1.29, 1.82) is 0 Å². The molecule has 1 aliphatic heterocycles. The van der Waals surface area contributed by atoms with Crippen LogP contribution in [0.3, 0.4) is 0 Å². The van der Waals surface area contributed by atoms with Gasteiger partial charge in [-0.05, 0) is 60.4 Å². The van der Waals surface area contributed by atoms with E-state index < -0.39 is 0 Å². The average Bonchev–Trinajstić information content (AvgIpc) is 3.47. The third kappa shape index (κ3) is 3.11. The van der Waals surface area contributed by atoms with Gasteiger partial charge in [-0.15, -0.1) is 0 Å². The fraction of sp³-hybridized carbons (Fsp3) is 0.200. The highest BCUT2D eigenvalue weighted by Crippen LogP contribution is 2.58.